The molecule has 3 aromatic rings. The summed E-state index contributed by atoms with van der Waals surface area (Å²) in [6, 6.07) is 10.1. The monoisotopic (exact) mass is 446 g/mol. The predicted octanol–water partition coefficient (Wildman–Crippen LogP) is 3.15. The second-order valence-electron chi connectivity index (χ2n) is 6.21. The molecule has 0 amide bonds. The maximum atomic E-state index is 13.0. The number of esters is 1. The molecule has 10 heteroatoms. The summed E-state index contributed by atoms with van der Waals surface area (Å²) >= 11 is 0. The van der Waals surface area contributed by atoms with E-state index in [2.05, 4.69) is 9.71 Å². The Bertz CT molecular complexity index is 1200. The molecule has 1 heterocycles. The van der Waals surface area contributed by atoms with E-state index in [1.807, 2.05) is 0 Å². The average molecular weight is 446 g/mol. The van der Waals surface area contributed by atoms with Crippen LogP contribution in [0.25, 0.3) is 17.5 Å². The van der Waals surface area contributed by atoms with Crippen LogP contribution < -0.4 is 9.46 Å². The van der Waals surface area contributed by atoms with Crippen LogP contribution in [0.1, 0.15) is 11.3 Å². The van der Waals surface area contributed by atoms with Gasteiger partial charge in [-0.1, -0.05) is 6.07 Å². The largest absolute Gasteiger partial charge is 0.495 e. The molecule has 1 N–H and O–H groups in total. The zero-order chi connectivity index (χ0) is 22.4. The lowest BCUT2D eigenvalue weighted by molar-refractivity contribution is -0.139. The van der Waals surface area contributed by atoms with E-state index in [-0.39, 0.29) is 29.0 Å². The zero-order valence-corrected chi connectivity index (χ0v) is 17.5. The van der Waals surface area contributed by atoms with Crippen molar-refractivity contribution in [2.24, 2.45) is 0 Å². The fraction of sp³-hybridized carbons (Fsp3) is 0.143. The van der Waals surface area contributed by atoms with E-state index in [0.717, 1.165) is 0 Å². The first kappa shape index (κ1) is 22.2. The lowest BCUT2D eigenvalue weighted by Gasteiger charge is -2.09. The van der Waals surface area contributed by atoms with Gasteiger partial charge in [0, 0.05) is 11.6 Å². The fourth-order valence-electron chi connectivity index (χ4n) is 2.57. The normalized spacial score (nSPS) is 11.6. The number of rotatable bonds is 8. The Morgan fingerprint density at radius 1 is 1.23 bits per heavy atom. The van der Waals surface area contributed by atoms with Crippen molar-refractivity contribution >= 4 is 22.1 Å². The molecule has 1 aromatic heterocycles. The van der Waals surface area contributed by atoms with Gasteiger partial charge in [-0.3, -0.25) is 0 Å². The van der Waals surface area contributed by atoms with Crippen molar-refractivity contribution in [1.29, 1.82) is 0 Å². The molecule has 0 fully saturated rings. The number of halogens is 1. The van der Waals surface area contributed by atoms with Crippen LogP contribution in [0.15, 0.2) is 64.1 Å². The first-order valence-electron chi connectivity index (χ1n) is 8.99. The Morgan fingerprint density at radius 2 is 1.97 bits per heavy atom. The Kier molecular flexibility index (Phi) is 6.83. The summed E-state index contributed by atoms with van der Waals surface area (Å²) in [6.45, 7) is -0.129. The Morgan fingerprint density at radius 3 is 2.65 bits per heavy atom. The fourth-order valence-corrected chi connectivity index (χ4v) is 3.50. The summed E-state index contributed by atoms with van der Waals surface area (Å²) in [6.07, 6.45) is 3.93. The van der Waals surface area contributed by atoms with Crippen molar-refractivity contribution in [3.05, 3.63) is 71.9 Å². The van der Waals surface area contributed by atoms with Crippen molar-refractivity contribution in [3.63, 3.8) is 0 Å². The van der Waals surface area contributed by atoms with Crippen LogP contribution in [-0.4, -0.2) is 33.5 Å². The molecule has 0 radical (unpaired) electrons. The molecule has 0 aliphatic rings. The number of oxazole rings is 1. The number of aromatic nitrogens is 1. The number of benzene rings is 2. The number of nitrogens with one attached hydrogen (secondary N) is 1. The lowest BCUT2D eigenvalue weighted by atomic mass is 10.2. The van der Waals surface area contributed by atoms with E-state index in [0.29, 0.717) is 16.8 Å². The minimum Gasteiger partial charge on any atom is -0.495 e. The van der Waals surface area contributed by atoms with Gasteiger partial charge >= 0.3 is 5.97 Å². The number of methoxy groups -OCH3 is 1. The second-order valence-corrected chi connectivity index (χ2v) is 8.06. The summed E-state index contributed by atoms with van der Waals surface area (Å²) in [5.41, 5.74) is 1.44. The van der Waals surface area contributed by atoms with Gasteiger partial charge < -0.3 is 13.9 Å². The highest BCUT2D eigenvalue weighted by molar-refractivity contribution is 7.89. The number of nitrogens with zero attached hydrogens (tertiary/aromatic N) is 1. The first-order valence-corrected chi connectivity index (χ1v) is 10.5. The molecule has 162 valence electrons. The summed E-state index contributed by atoms with van der Waals surface area (Å²) in [5.74, 6) is -0.570. The maximum Gasteiger partial charge on any atom is 0.331 e. The molecule has 2 aromatic carbocycles. The van der Waals surface area contributed by atoms with Crippen molar-refractivity contribution < 1.29 is 31.5 Å². The van der Waals surface area contributed by atoms with Crippen LogP contribution >= 0.6 is 0 Å². The van der Waals surface area contributed by atoms with Gasteiger partial charge in [0.2, 0.25) is 15.9 Å². The van der Waals surface area contributed by atoms with Crippen LogP contribution in [-0.2, 0) is 26.2 Å². The number of carbonyl (C=O) groups excluding carboxylic acids is 1. The number of ether oxygens (including phenoxy) is 2. The SMILES string of the molecule is CNS(=O)(=O)c1cc(/C=C/C(=O)OCc2coc(-c3ccc(F)cc3)n2)ccc1OC. The van der Waals surface area contributed by atoms with E-state index < -0.39 is 16.0 Å². The molecule has 0 saturated heterocycles. The third-order valence-electron chi connectivity index (χ3n) is 4.16. The minimum atomic E-state index is -3.74. The van der Waals surface area contributed by atoms with E-state index in [1.165, 1.54) is 69.0 Å². The smallest absolute Gasteiger partial charge is 0.331 e. The van der Waals surface area contributed by atoms with Gasteiger partial charge in [0.15, 0.2) is 0 Å². The topological polar surface area (TPSA) is 108 Å². The molecule has 31 heavy (non-hydrogen) atoms. The van der Waals surface area contributed by atoms with Gasteiger partial charge in [-0.15, -0.1) is 0 Å². The lowest BCUT2D eigenvalue weighted by Crippen LogP contribution is -2.19. The molecule has 0 unspecified atom stereocenters. The minimum absolute atomic E-state index is 0.0519. The maximum absolute atomic E-state index is 13.0. The van der Waals surface area contributed by atoms with Gasteiger partial charge in [0.25, 0.3) is 0 Å². The van der Waals surface area contributed by atoms with E-state index >= 15 is 0 Å². The number of hydrogen-bond donors (Lipinski definition) is 1. The van der Waals surface area contributed by atoms with Gasteiger partial charge in [-0.05, 0) is 55.1 Å². The van der Waals surface area contributed by atoms with Gasteiger partial charge in [0.1, 0.15) is 35.0 Å². The standard InChI is InChI=1S/C21H19FN2O6S/c1-23-31(26,27)19-11-14(3-9-18(19)28-2)4-10-20(25)29-12-17-13-30-21(24-17)15-5-7-16(22)8-6-15/h3-11,13,23H,12H2,1-2H3/b10-4+. The van der Waals surface area contributed by atoms with Crippen LogP contribution in [0, 0.1) is 5.82 Å². The molecule has 0 atom stereocenters. The van der Waals surface area contributed by atoms with Crippen molar-refractivity contribution in [2.45, 2.75) is 11.5 Å². The Hall–Kier alpha value is -3.50. The van der Waals surface area contributed by atoms with Crippen LogP contribution in [0.2, 0.25) is 0 Å². The quantitative estimate of drug-likeness (QED) is 0.418. The highest BCUT2D eigenvalue weighted by atomic mass is 32.2. The summed E-state index contributed by atoms with van der Waals surface area (Å²) in [4.78, 5) is 16.1. The van der Waals surface area contributed by atoms with Crippen LogP contribution in [0.4, 0.5) is 4.39 Å². The van der Waals surface area contributed by atoms with E-state index in [9.17, 15) is 17.6 Å². The number of sulfonamides is 1. The van der Waals surface area contributed by atoms with Gasteiger partial charge in [-0.2, -0.15) is 0 Å². The van der Waals surface area contributed by atoms with Crippen molar-refractivity contribution in [3.8, 4) is 17.2 Å². The molecule has 0 aliphatic heterocycles. The molecule has 0 aliphatic carbocycles. The summed E-state index contributed by atoms with van der Waals surface area (Å²) in [5, 5.41) is 0. The third-order valence-corrected chi connectivity index (χ3v) is 5.60. The van der Waals surface area contributed by atoms with Crippen molar-refractivity contribution in [2.75, 3.05) is 14.2 Å². The van der Waals surface area contributed by atoms with E-state index in [1.54, 1.807) is 6.07 Å². The molecule has 0 saturated carbocycles. The molecule has 0 spiro atoms. The number of carbonyl (C=O) groups is 1. The second kappa shape index (κ2) is 9.54. The molecular weight excluding hydrogens is 427 g/mol. The van der Waals surface area contributed by atoms with Crippen molar-refractivity contribution in [1.82, 2.24) is 9.71 Å². The highest BCUT2D eigenvalue weighted by Gasteiger charge is 2.17. The van der Waals surface area contributed by atoms with Crippen LogP contribution in [0.3, 0.4) is 0 Å². The van der Waals surface area contributed by atoms with Gasteiger partial charge in [0.05, 0.1) is 7.11 Å². The summed E-state index contributed by atoms with van der Waals surface area (Å²) < 4.78 is 54.9. The first-order chi connectivity index (χ1) is 14.8. The number of hydrogen-bond acceptors (Lipinski definition) is 7. The van der Waals surface area contributed by atoms with Crippen LogP contribution in [0.5, 0.6) is 5.75 Å². The summed E-state index contributed by atoms with van der Waals surface area (Å²) in [7, 11) is -1.08. The zero-order valence-electron chi connectivity index (χ0n) is 16.7. The average Bonchev–Trinajstić information content (AvgIpc) is 3.25. The molecule has 8 nitrogen and oxygen atoms in total. The predicted molar refractivity (Wildman–Crippen MR) is 110 cm³/mol. The van der Waals surface area contributed by atoms with Gasteiger partial charge in [-0.25, -0.2) is 27.3 Å². The molecule has 0 bridgehead atoms. The van der Waals surface area contributed by atoms with E-state index in [4.69, 9.17) is 13.9 Å². The third kappa shape index (κ3) is 5.56. The Labute approximate surface area is 178 Å². The molecular formula is C21H19FN2O6S. The highest BCUT2D eigenvalue weighted by Crippen LogP contribution is 2.25. The molecule has 3 rings (SSSR count). The Balaban J connectivity index is 1.64.